The highest BCUT2D eigenvalue weighted by atomic mass is 79.9. The van der Waals surface area contributed by atoms with Gasteiger partial charge < -0.3 is 0 Å². The molecule has 0 spiro atoms. The van der Waals surface area contributed by atoms with Crippen LogP contribution in [-0.4, -0.2) is 18.4 Å². The predicted octanol–water partition coefficient (Wildman–Crippen LogP) is 2.18. The predicted molar refractivity (Wildman–Crippen MR) is 66.9 cm³/mol. The second-order valence-electron chi connectivity index (χ2n) is 3.27. The third kappa shape index (κ3) is 2.82. The summed E-state index contributed by atoms with van der Waals surface area (Å²) in [5, 5.41) is 0. The molecule has 0 fully saturated rings. The van der Waals surface area contributed by atoms with E-state index < -0.39 is 20.7 Å². The number of nitrogens with zero attached hydrogens (tertiary/aromatic N) is 2. The van der Waals surface area contributed by atoms with Crippen molar-refractivity contribution < 1.29 is 12.8 Å². The van der Waals surface area contributed by atoms with E-state index in [0.717, 1.165) is 12.1 Å². The van der Waals surface area contributed by atoms with Gasteiger partial charge in [0.25, 0.3) is 10.0 Å². The number of benzene rings is 1. The lowest BCUT2D eigenvalue weighted by atomic mass is 10.3. The molecular formula is C10H7BrFN3O2S. The quantitative estimate of drug-likeness (QED) is 0.935. The lowest BCUT2D eigenvalue weighted by molar-refractivity contribution is 0.569. The van der Waals surface area contributed by atoms with E-state index >= 15 is 0 Å². The van der Waals surface area contributed by atoms with Gasteiger partial charge in [-0.05, 0) is 18.2 Å². The van der Waals surface area contributed by atoms with E-state index in [9.17, 15) is 12.8 Å². The summed E-state index contributed by atoms with van der Waals surface area (Å²) >= 11 is 3.05. The Morgan fingerprint density at radius 3 is 2.67 bits per heavy atom. The fourth-order valence-corrected chi connectivity index (χ4v) is 2.62. The van der Waals surface area contributed by atoms with Crippen molar-refractivity contribution in [1.29, 1.82) is 0 Å². The molecule has 1 heterocycles. The molecule has 0 unspecified atom stereocenters. The number of rotatable bonds is 3. The molecule has 94 valence electrons. The summed E-state index contributed by atoms with van der Waals surface area (Å²) in [5.74, 6) is -0.819. The summed E-state index contributed by atoms with van der Waals surface area (Å²) in [6, 6.07) is 3.68. The molecule has 18 heavy (non-hydrogen) atoms. The molecule has 0 radical (unpaired) electrons. The number of halogens is 2. The summed E-state index contributed by atoms with van der Waals surface area (Å²) < 4.78 is 40.0. The third-order valence-corrected chi connectivity index (χ3v) is 3.87. The van der Waals surface area contributed by atoms with Gasteiger partial charge in [-0.1, -0.05) is 15.9 Å². The first-order valence-corrected chi connectivity index (χ1v) is 7.00. The molecule has 1 aromatic carbocycles. The zero-order valence-corrected chi connectivity index (χ0v) is 11.2. The highest BCUT2D eigenvalue weighted by Crippen LogP contribution is 2.21. The van der Waals surface area contributed by atoms with Gasteiger partial charge in [-0.25, -0.2) is 17.8 Å². The van der Waals surface area contributed by atoms with Gasteiger partial charge in [0.05, 0.1) is 6.20 Å². The number of hydrogen-bond donors (Lipinski definition) is 1. The molecule has 0 aliphatic heterocycles. The van der Waals surface area contributed by atoms with Crippen molar-refractivity contribution in [3.63, 3.8) is 0 Å². The number of hydrogen-bond acceptors (Lipinski definition) is 4. The van der Waals surface area contributed by atoms with E-state index in [4.69, 9.17) is 0 Å². The minimum atomic E-state index is -4.01. The number of aromatic nitrogens is 2. The fraction of sp³-hybridized carbons (Fsp3) is 0. The van der Waals surface area contributed by atoms with Gasteiger partial charge in [0, 0.05) is 16.9 Å². The SMILES string of the molecule is O=S(=O)(Nc1cnccn1)c1ccc(Br)cc1F. The van der Waals surface area contributed by atoms with Gasteiger partial charge in [-0.3, -0.25) is 9.71 Å². The van der Waals surface area contributed by atoms with Gasteiger partial charge in [-0.2, -0.15) is 0 Å². The second-order valence-corrected chi connectivity index (χ2v) is 5.84. The van der Waals surface area contributed by atoms with Crippen LogP contribution >= 0.6 is 15.9 Å². The molecule has 1 aromatic heterocycles. The van der Waals surface area contributed by atoms with E-state index in [1.807, 2.05) is 0 Å². The van der Waals surface area contributed by atoms with Gasteiger partial charge in [0.2, 0.25) is 0 Å². The van der Waals surface area contributed by atoms with Crippen LogP contribution in [-0.2, 0) is 10.0 Å². The third-order valence-electron chi connectivity index (χ3n) is 1.99. The molecule has 0 bridgehead atoms. The number of anilines is 1. The van der Waals surface area contributed by atoms with Crippen LogP contribution < -0.4 is 4.72 Å². The normalized spacial score (nSPS) is 11.2. The van der Waals surface area contributed by atoms with Crippen molar-refractivity contribution in [3.8, 4) is 0 Å². The Balaban J connectivity index is 2.37. The number of sulfonamides is 1. The Bertz CT molecular complexity index is 664. The molecule has 2 rings (SSSR count). The van der Waals surface area contributed by atoms with Crippen LogP contribution in [0.25, 0.3) is 0 Å². The first kappa shape index (κ1) is 12.9. The van der Waals surface area contributed by atoms with Crippen molar-refractivity contribution in [2.75, 3.05) is 4.72 Å². The van der Waals surface area contributed by atoms with Crippen LogP contribution in [0.15, 0.2) is 46.2 Å². The molecule has 0 saturated carbocycles. The van der Waals surface area contributed by atoms with Gasteiger partial charge >= 0.3 is 0 Å². The van der Waals surface area contributed by atoms with Crippen LogP contribution in [0.3, 0.4) is 0 Å². The summed E-state index contributed by atoms with van der Waals surface area (Å²) in [6.45, 7) is 0. The summed E-state index contributed by atoms with van der Waals surface area (Å²) in [4.78, 5) is 7.01. The van der Waals surface area contributed by atoms with Crippen LogP contribution in [0.5, 0.6) is 0 Å². The molecule has 0 amide bonds. The monoisotopic (exact) mass is 331 g/mol. The molecule has 0 aliphatic carbocycles. The average Bonchev–Trinajstić information content (AvgIpc) is 2.29. The van der Waals surface area contributed by atoms with E-state index in [2.05, 4.69) is 30.6 Å². The average molecular weight is 332 g/mol. The largest absolute Gasteiger partial charge is 0.266 e. The number of nitrogens with one attached hydrogen (secondary N) is 1. The molecule has 0 saturated heterocycles. The van der Waals surface area contributed by atoms with E-state index in [0.29, 0.717) is 4.47 Å². The van der Waals surface area contributed by atoms with Crippen LogP contribution in [0.1, 0.15) is 0 Å². The maximum Gasteiger partial charge on any atom is 0.266 e. The maximum absolute atomic E-state index is 13.6. The Morgan fingerprint density at radius 1 is 1.28 bits per heavy atom. The molecular weight excluding hydrogens is 325 g/mol. The van der Waals surface area contributed by atoms with Crippen molar-refractivity contribution in [2.24, 2.45) is 0 Å². The first-order valence-electron chi connectivity index (χ1n) is 4.73. The highest BCUT2D eigenvalue weighted by Gasteiger charge is 2.19. The smallest absolute Gasteiger partial charge is 0.262 e. The molecule has 5 nitrogen and oxygen atoms in total. The Labute approximate surface area is 111 Å². The first-order chi connectivity index (χ1) is 8.49. The molecule has 8 heteroatoms. The van der Waals surface area contributed by atoms with Crippen molar-refractivity contribution in [1.82, 2.24) is 9.97 Å². The zero-order chi connectivity index (χ0) is 13.2. The lowest BCUT2D eigenvalue weighted by Gasteiger charge is -2.07. The molecule has 0 aliphatic rings. The van der Waals surface area contributed by atoms with Crippen LogP contribution in [0.4, 0.5) is 10.2 Å². The zero-order valence-electron chi connectivity index (χ0n) is 8.84. The van der Waals surface area contributed by atoms with E-state index in [1.54, 1.807) is 0 Å². The maximum atomic E-state index is 13.6. The lowest BCUT2D eigenvalue weighted by Crippen LogP contribution is -2.15. The van der Waals surface area contributed by atoms with Crippen molar-refractivity contribution in [3.05, 3.63) is 47.1 Å². The topological polar surface area (TPSA) is 72.0 Å². The molecule has 0 atom stereocenters. The Hall–Kier alpha value is -1.54. The summed E-state index contributed by atoms with van der Waals surface area (Å²) in [7, 11) is -4.01. The summed E-state index contributed by atoms with van der Waals surface area (Å²) in [5.41, 5.74) is 0. The Morgan fingerprint density at radius 2 is 2.06 bits per heavy atom. The van der Waals surface area contributed by atoms with Crippen LogP contribution in [0.2, 0.25) is 0 Å². The van der Waals surface area contributed by atoms with Gasteiger partial charge in [0.15, 0.2) is 5.82 Å². The highest BCUT2D eigenvalue weighted by molar-refractivity contribution is 9.10. The molecule has 1 N–H and O–H groups in total. The van der Waals surface area contributed by atoms with Gasteiger partial charge in [-0.15, -0.1) is 0 Å². The Kier molecular flexibility index (Phi) is 3.58. The van der Waals surface area contributed by atoms with E-state index in [-0.39, 0.29) is 5.82 Å². The van der Waals surface area contributed by atoms with Crippen LogP contribution in [0, 0.1) is 5.82 Å². The second kappa shape index (κ2) is 4.99. The van der Waals surface area contributed by atoms with Gasteiger partial charge in [0.1, 0.15) is 10.7 Å². The minimum Gasteiger partial charge on any atom is -0.262 e. The fourth-order valence-electron chi connectivity index (χ4n) is 1.24. The minimum absolute atomic E-state index is 0.0276. The van der Waals surface area contributed by atoms with Crippen molar-refractivity contribution in [2.45, 2.75) is 4.90 Å². The van der Waals surface area contributed by atoms with Crippen molar-refractivity contribution >= 4 is 31.8 Å². The van der Waals surface area contributed by atoms with E-state index in [1.165, 1.54) is 24.7 Å². The molecule has 2 aromatic rings. The standard InChI is InChI=1S/C10H7BrFN3O2S/c11-7-1-2-9(8(12)5-7)18(16,17)15-10-6-13-3-4-14-10/h1-6H,(H,14,15). The summed E-state index contributed by atoms with van der Waals surface area (Å²) in [6.07, 6.45) is 3.96.